The number of piperidine rings is 1. The summed E-state index contributed by atoms with van der Waals surface area (Å²) >= 11 is 1.54. The lowest BCUT2D eigenvalue weighted by Crippen LogP contribution is -2.46. The first-order valence-corrected chi connectivity index (χ1v) is 10.4. The minimum Gasteiger partial charge on any atom is -0.459 e. The molecule has 0 unspecified atom stereocenters. The van der Waals surface area contributed by atoms with Gasteiger partial charge in [0, 0.05) is 18.0 Å². The fourth-order valence-electron chi connectivity index (χ4n) is 3.62. The first kappa shape index (κ1) is 19.4. The van der Waals surface area contributed by atoms with E-state index in [0.717, 1.165) is 16.9 Å². The Balaban J connectivity index is 1.48. The van der Waals surface area contributed by atoms with Crippen molar-refractivity contribution in [2.24, 2.45) is 5.92 Å². The Bertz CT molecular complexity index is 955. The summed E-state index contributed by atoms with van der Waals surface area (Å²) in [7, 11) is 0. The number of halogens is 1. The van der Waals surface area contributed by atoms with Gasteiger partial charge in [-0.2, -0.15) is 0 Å². The maximum atomic E-state index is 13.4. The van der Waals surface area contributed by atoms with E-state index in [9.17, 15) is 14.0 Å². The predicted molar refractivity (Wildman–Crippen MR) is 108 cm³/mol. The van der Waals surface area contributed by atoms with E-state index in [4.69, 9.17) is 4.42 Å². The molecule has 0 aliphatic carbocycles. The molecule has 3 aromatic rings. The Morgan fingerprint density at radius 3 is 2.69 bits per heavy atom. The summed E-state index contributed by atoms with van der Waals surface area (Å²) < 4.78 is 18.6. The van der Waals surface area contributed by atoms with Gasteiger partial charge in [-0.3, -0.25) is 9.59 Å². The van der Waals surface area contributed by atoms with Crippen LogP contribution in [0.5, 0.6) is 0 Å². The number of hydrogen-bond acceptors (Lipinski definition) is 4. The normalized spacial score (nSPS) is 17.7. The van der Waals surface area contributed by atoms with Crippen molar-refractivity contribution in [2.45, 2.75) is 18.9 Å². The molecule has 2 aromatic heterocycles. The number of hydrogen-bond donors (Lipinski definition) is 1. The lowest BCUT2D eigenvalue weighted by molar-refractivity contribution is -0.126. The van der Waals surface area contributed by atoms with E-state index < -0.39 is 0 Å². The van der Waals surface area contributed by atoms with E-state index in [1.807, 2.05) is 17.5 Å². The summed E-state index contributed by atoms with van der Waals surface area (Å²) in [5.41, 5.74) is 0.821. The van der Waals surface area contributed by atoms with Crippen molar-refractivity contribution in [1.82, 2.24) is 10.2 Å². The van der Waals surface area contributed by atoms with Gasteiger partial charge in [0.1, 0.15) is 5.82 Å². The van der Waals surface area contributed by atoms with Crippen molar-refractivity contribution < 1.29 is 18.4 Å². The zero-order valence-electron chi connectivity index (χ0n) is 15.7. The van der Waals surface area contributed by atoms with Gasteiger partial charge in [0.05, 0.1) is 18.2 Å². The van der Waals surface area contributed by atoms with Crippen molar-refractivity contribution in [3.8, 4) is 0 Å². The molecule has 1 aliphatic rings. The van der Waals surface area contributed by atoms with E-state index in [2.05, 4.69) is 5.32 Å². The number of amides is 2. The molecule has 3 heterocycles. The number of carbonyl (C=O) groups is 2. The Hall–Kier alpha value is -2.93. The zero-order valence-corrected chi connectivity index (χ0v) is 16.5. The molecule has 2 atom stereocenters. The van der Waals surface area contributed by atoms with E-state index in [1.54, 1.807) is 29.2 Å². The van der Waals surface area contributed by atoms with Crippen molar-refractivity contribution in [3.63, 3.8) is 0 Å². The average molecular weight is 412 g/mol. The van der Waals surface area contributed by atoms with E-state index >= 15 is 0 Å². The summed E-state index contributed by atoms with van der Waals surface area (Å²) in [5.74, 6) is -0.630. The standard InChI is InChI=1S/C22H21FN2O3S/c23-17-9-7-15(8-10-17)20(19-6-3-13-29-19)24-21(26)16-4-1-11-25(14-16)22(27)18-5-2-12-28-18/h2-3,5-10,12-13,16,20H,1,4,11,14H2,(H,24,26)/t16-,20-/m0/s1. The van der Waals surface area contributed by atoms with E-state index in [0.29, 0.717) is 19.5 Å². The van der Waals surface area contributed by atoms with Crippen LogP contribution in [0.3, 0.4) is 0 Å². The Morgan fingerprint density at radius 2 is 2.00 bits per heavy atom. The van der Waals surface area contributed by atoms with Crippen LogP contribution in [0.15, 0.2) is 64.6 Å². The van der Waals surface area contributed by atoms with Crippen LogP contribution in [0.2, 0.25) is 0 Å². The monoisotopic (exact) mass is 412 g/mol. The van der Waals surface area contributed by atoms with Gasteiger partial charge < -0.3 is 14.6 Å². The Kier molecular flexibility index (Phi) is 5.76. The second kappa shape index (κ2) is 8.61. The molecule has 0 radical (unpaired) electrons. The summed E-state index contributed by atoms with van der Waals surface area (Å²) in [6.07, 6.45) is 2.94. The van der Waals surface area contributed by atoms with Crippen molar-refractivity contribution in [3.05, 3.63) is 82.2 Å². The SMILES string of the molecule is O=C(N[C@@H](c1ccc(F)cc1)c1cccs1)[C@H]1CCCN(C(=O)c2ccco2)C1. The average Bonchev–Trinajstić information content (AvgIpc) is 3.46. The second-order valence-electron chi connectivity index (χ2n) is 7.08. The molecule has 4 rings (SSSR count). The van der Waals surface area contributed by atoms with Gasteiger partial charge in [-0.15, -0.1) is 11.3 Å². The molecule has 1 N–H and O–H groups in total. The van der Waals surface area contributed by atoms with Crippen LogP contribution in [0.1, 0.15) is 39.9 Å². The molecule has 7 heteroatoms. The van der Waals surface area contributed by atoms with E-state index in [-0.39, 0.29) is 35.4 Å². The first-order chi connectivity index (χ1) is 14.1. The predicted octanol–water partition coefficient (Wildman–Crippen LogP) is 4.24. The van der Waals surface area contributed by atoms with Gasteiger partial charge in [0.15, 0.2) is 5.76 Å². The third-order valence-electron chi connectivity index (χ3n) is 5.13. The topological polar surface area (TPSA) is 62.6 Å². The Morgan fingerprint density at radius 1 is 1.17 bits per heavy atom. The molecule has 150 valence electrons. The number of rotatable bonds is 5. The molecule has 1 saturated heterocycles. The fraction of sp³-hybridized carbons (Fsp3) is 0.273. The van der Waals surface area contributed by atoms with Gasteiger partial charge in [-0.25, -0.2) is 4.39 Å². The maximum Gasteiger partial charge on any atom is 0.289 e. The molecular weight excluding hydrogens is 391 g/mol. The second-order valence-corrected chi connectivity index (χ2v) is 8.06. The first-order valence-electron chi connectivity index (χ1n) is 9.54. The van der Waals surface area contributed by atoms with Gasteiger partial charge in [0.2, 0.25) is 5.91 Å². The van der Waals surface area contributed by atoms with Crippen molar-refractivity contribution >= 4 is 23.2 Å². The minimum atomic E-state index is -0.348. The number of nitrogens with one attached hydrogen (secondary N) is 1. The molecule has 5 nitrogen and oxygen atoms in total. The number of thiophene rings is 1. The van der Waals surface area contributed by atoms with Crippen LogP contribution in [-0.2, 0) is 4.79 Å². The highest BCUT2D eigenvalue weighted by Crippen LogP contribution is 2.28. The quantitative estimate of drug-likeness (QED) is 0.682. The molecule has 29 heavy (non-hydrogen) atoms. The minimum absolute atomic E-state index is 0.107. The molecule has 0 bridgehead atoms. The van der Waals surface area contributed by atoms with Gasteiger partial charge in [-0.1, -0.05) is 18.2 Å². The highest BCUT2D eigenvalue weighted by atomic mass is 32.1. The summed E-state index contributed by atoms with van der Waals surface area (Å²) in [6, 6.07) is 13.0. The summed E-state index contributed by atoms with van der Waals surface area (Å²) in [6.45, 7) is 0.960. The fourth-order valence-corrected chi connectivity index (χ4v) is 4.42. The lowest BCUT2D eigenvalue weighted by atomic mass is 9.95. The number of likely N-dealkylation sites (tertiary alicyclic amines) is 1. The van der Waals surface area contributed by atoms with Crippen LogP contribution in [0, 0.1) is 11.7 Å². The summed E-state index contributed by atoms with van der Waals surface area (Å²) in [4.78, 5) is 28.3. The number of nitrogens with zero attached hydrogens (tertiary/aromatic N) is 1. The molecule has 1 fully saturated rings. The number of benzene rings is 1. The van der Waals surface area contributed by atoms with Crippen LogP contribution in [0.25, 0.3) is 0 Å². The maximum absolute atomic E-state index is 13.4. The molecule has 0 spiro atoms. The van der Waals surface area contributed by atoms with Gasteiger partial charge in [0.25, 0.3) is 5.91 Å². The number of carbonyl (C=O) groups excluding carboxylic acids is 2. The number of furan rings is 1. The highest BCUT2D eigenvalue weighted by molar-refractivity contribution is 7.10. The highest BCUT2D eigenvalue weighted by Gasteiger charge is 2.31. The van der Waals surface area contributed by atoms with Gasteiger partial charge >= 0.3 is 0 Å². The largest absolute Gasteiger partial charge is 0.459 e. The Labute approximate surface area is 172 Å². The van der Waals surface area contributed by atoms with E-state index in [1.165, 1.54) is 29.7 Å². The van der Waals surface area contributed by atoms with Crippen molar-refractivity contribution in [1.29, 1.82) is 0 Å². The molecule has 0 saturated carbocycles. The summed E-state index contributed by atoms with van der Waals surface area (Å²) in [5, 5.41) is 5.05. The van der Waals surface area contributed by atoms with Crippen LogP contribution in [-0.4, -0.2) is 29.8 Å². The third kappa shape index (κ3) is 4.40. The molecule has 1 aliphatic heterocycles. The van der Waals surface area contributed by atoms with Crippen molar-refractivity contribution in [2.75, 3.05) is 13.1 Å². The zero-order chi connectivity index (χ0) is 20.2. The lowest BCUT2D eigenvalue weighted by Gasteiger charge is -2.32. The van der Waals surface area contributed by atoms with Gasteiger partial charge in [-0.05, 0) is 54.1 Å². The van der Waals surface area contributed by atoms with Crippen LogP contribution < -0.4 is 5.32 Å². The van der Waals surface area contributed by atoms with Crippen LogP contribution in [0.4, 0.5) is 4.39 Å². The smallest absolute Gasteiger partial charge is 0.289 e. The molecule has 2 amide bonds. The molecule has 1 aromatic carbocycles. The third-order valence-corrected chi connectivity index (χ3v) is 6.07. The van der Waals surface area contributed by atoms with Crippen LogP contribution >= 0.6 is 11.3 Å². The molecular formula is C22H21FN2O3S.